The smallest absolute Gasteiger partial charge is 0.0589 e. The van der Waals surface area contributed by atoms with E-state index in [4.69, 9.17) is 11.6 Å². The number of aromatic nitrogens is 1. The molecular weight excluding hydrogens is 196 g/mol. The van der Waals surface area contributed by atoms with Crippen LogP contribution in [0.1, 0.15) is 25.5 Å². The minimum Gasteiger partial charge on any atom is -0.308 e. The highest BCUT2D eigenvalue weighted by molar-refractivity contribution is 6.30. The second kappa shape index (κ2) is 4.28. The van der Waals surface area contributed by atoms with Gasteiger partial charge in [-0.2, -0.15) is 0 Å². The SMILES string of the molecule is CC(NCc1ccc(Cl)cn1)C1CC1. The van der Waals surface area contributed by atoms with Crippen LogP contribution in [0.3, 0.4) is 0 Å². The van der Waals surface area contributed by atoms with E-state index < -0.39 is 0 Å². The molecule has 1 atom stereocenters. The molecule has 1 aromatic rings. The number of hydrogen-bond acceptors (Lipinski definition) is 2. The van der Waals surface area contributed by atoms with Gasteiger partial charge in [0.2, 0.25) is 0 Å². The second-order valence-corrected chi connectivity index (χ2v) is 4.41. The Morgan fingerprint density at radius 2 is 2.36 bits per heavy atom. The molecule has 0 aromatic carbocycles. The first-order valence-electron chi connectivity index (χ1n) is 5.09. The summed E-state index contributed by atoms with van der Waals surface area (Å²) in [5, 5.41) is 4.17. The highest BCUT2D eigenvalue weighted by Crippen LogP contribution is 2.32. The van der Waals surface area contributed by atoms with Crippen LogP contribution < -0.4 is 5.32 Å². The largest absolute Gasteiger partial charge is 0.308 e. The molecule has 1 fully saturated rings. The van der Waals surface area contributed by atoms with Gasteiger partial charge < -0.3 is 5.32 Å². The molecule has 1 saturated carbocycles. The molecular formula is C11H15ClN2. The van der Waals surface area contributed by atoms with Crippen molar-refractivity contribution < 1.29 is 0 Å². The van der Waals surface area contributed by atoms with E-state index in [0.717, 1.165) is 18.2 Å². The maximum absolute atomic E-state index is 5.75. The average molecular weight is 211 g/mol. The second-order valence-electron chi connectivity index (χ2n) is 3.97. The van der Waals surface area contributed by atoms with Gasteiger partial charge in [-0.3, -0.25) is 4.98 Å². The van der Waals surface area contributed by atoms with Gasteiger partial charge in [0, 0.05) is 18.8 Å². The van der Waals surface area contributed by atoms with Crippen molar-refractivity contribution in [1.82, 2.24) is 10.3 Å². The Bertz CT molecular complexity index is 293. The fourth-order valence-electron chi connectivity index (χ4n) is 1.54. The summed E-state index contributed by atoms with van der Waals surface area (Å²) in [5.41, 5.74) is 1.06. The molecule has 14 heavy (non-hydrogen) atoms. The number of rotatable bonds is 4. The maximum atomic E-state index is 5.75. The minimum atomic E-state index is 0.618. The molecule has 1 aliphatic rings. The van der Waals surface area contributed by atoms with Crippen LogP contribution in [0.15, 0.2) is 18.3 Å². The van der Waals surface area contributed by atoms with Crippen LogP contribution in [-0.4, -0.2) is 11.0 Å². The molecule has 0 spiro atoms. The minimum absolute atomic E-state index is 0.618. The number of hydrogen-bond donors (Lipinski definition) is 1. The average Bonchev–Trinajstić information content (AvgIpc) is 3.00. The summed E-state index contributed by atoms with van der Waals surface area (Å²) in [6, 6.07) is 4.47. The van der Waals surface area contributed by atoms with Crippen LogP contribution in [0.5, 0.6) is 0 Å². The highest BCUT2D eigenvalue weighted by atomic mass is 35.5. The van der Waals surface area contributed by atoms with Gasteiger partial charge in [0.1, 0.15) is 0 Å². The Morgan fingerprint density at radius 1 is 1.57 bits per heavy atom. The lowest BCUT2D eigenvalue weighted by atomic mass is 10.2. The molecule has 76 valence electrons. The number of halogens is 1. The summed E-state index contributed by atoms with van der Waals surface area (Å²) in [4.78, 5) is 4.24. The molecule has 1 unspecified atom stereocenters. The predicted molar refractivity (Wildman–Crippen MR) is 58.3 cm³/mol. The fraction of sp³-hybridized carbons (Fsp3) is 0.545. The first kappa shape index (κ1) is 9.94. The van der Waals surface area contributed by atoms with Crippen LogP contribution in [-0.2, 0) is 6.54 Å². The van der Waals surface area contributed by atoms with Crippen molar-refractivity contribution in [2.24, 2.45) is 5.92 Å². The van der Waals surface area contributed by atoms with E-state index in [2.05, 4.69) is 17.2 Å². The normalized spacial score (nSPS) is 18.1. The first-order chi connectivity index (χ1) is 6.75. The van der Waals surface area contributed by atoms with E-state index in [0.29, 0.717) is 11.1 Å². The number of nitrogens with one attached hydrogen (secondary N) is 1. The molecule has 0 bridgehead atoms. The number of pyridine rings is 1. The number of nitrogens with zero attached hydrogens (tertiary/aromatic N) is 1. The molecule has 0 amide bonds. The van der Waals surface area contributed by atoms with Crippen LogP contribution in [0, 0.1) is 5.92 Å². The quantitative estimate of drug-likeness (QED) is 0.827. The lowest BCUT2D eigenvalue weighted by Gasteiger charge is -2.11. The van der Waals surface area contributed by atoms with Crippen molar-refractivity contribution in [3.05, 3.63) is 29.0 Å². The van der Waals surface area contributed by atoms with Gasteiger partial charge in [-0.15, -0.1) is 0 Å². The lowest BCUT2D eigenvalue weighted by Crippen LogP contribution is -2.27. The summed E-state index contributed by atoms with van der Waals surface area (Å²) in [7, 11) is 0. The Labute approximate surface area is 89.7 Å². The van der Waals surface area contributed by atoms with Gasteiger partial charge in [0.15, 0.2) is 0 Å². The Kier molecular flexibility index (Phi) is 3.04. The van der Waals surface area contributed by atoms with Crippen molar-refractivity contribution in [2.45, 2.75) is 32.4 Å². The zero-order valence-electron chi connectivity index (χ0n) is 8.33. The standard InChI is InChI=1S/C11H15ClN2/c1-8(9-2-3-9)13-7-11-5-4-10(12)6-14-11/h4-6,8-9,13H,2-3,7H2,1H3. The predicted octanol–water partition coefficient (Wildman–Crippen LogP) is 2.62. The Balaban J connectivity index is 1.82. The van der Waals surface area contributed by atoms with Crippen LogP contribution in [0.2, 0.25) is 5.02 Å². The topological polar surface area (TPSA) is 24.9 Å². The third-order valence-electron chi connectivity index (χ3n) is 2.72. The molecule has 2 nitrogen and oxygen atoms in total. The molecule has 1 aromatic heterocycles. The summed E-state index contributed by atoms with van der Waals surface area (Å²) < 4.78 is 0. The van der Waals surface area contributed by atoms with Crippen LogP contribution in [0.25, 0.3) is 0 Å². The summed E-state index contributed by atoms with van der Waals surface area (Å²) in [6.07, 6.45) is 4.45. The van der Waals surface area contributed by atoms with Crippen LogP contribution >= 0.6 is 11.6 Å². The molecule has 3 heteroatoms. The zero-order chi connectivity index (χ0) is 9.97. The van der Waals surface area contributed by atoms with Crippen molar-refractivity contribution >= 4 is 11.6 Å². The molecule has 1 aliphatic carbocycles. The van der Waals surface area contributed by atoms with E-state index in [-0.39, 0.29) is 0 Å². The van der Waals surface area contributed by atoms with Gasteiger partial charge >= 0.3 is 0 Å². The molecule has 2 rings (SSSR count). The van der Waals surface area contributed by atoms with Gasteiger partial charge in [0.25, 0.3) is 0 Å². The van der Waals surface area contributed by atoms with E-state index in [9.17, 15) is 0 Å². The molecule has 0 aliphatic heterocycles. The van der Waals surface area contributed by atoms with E-state index in [1.165, 1.54) is 12.8 Å². The summed E-state index contributed by atoms with van der Waals surface area (Å²) in [6.45, 7) is 3.09. The summed E-state index contributed by atoms with van der Waals surface area (Å²) >= 11 is 5.75. The monoisotopic (exact) mass is 210 g/mol. The first-order valence-corrected chi connectivity index (χ1v) is 5.47. The molecule has 0 radical (unpaired) electrons. The van der Waals surface area contributed by atoms with Gasteiger partial charge in [-0.25, -0.2) is 0 Å². The van der Waals surface area contributed by atoms with E-state index >= 15 is 0 Å². The molecule has 1 N–H and O–H groups in total. The van der Waals surface area contributed by atoms with Gasteiger partial charge in [-0.1, -0.05) is 11.6 Å². The molecule has 1 heterocycles. The van der Waals surface area contributed by atoms with Crippen molar-refractivity contribution in [1.29, 1.82) is 0 Å². The third-order valence-corrected chi connectivity index (χ3v) is 2.95. The fourth-order valence-corrected chi connectivity index (χ4v) is 1.65. The van der Waals surface area contributed by atoms with Crippen LogP contribution in [0.4, 0.5) is 0 Å². The summed E-state index contributed by atoms with van der Waals surface area (Å²) in [5.74, 6) is 0.891. The Morgan fingerprint density at radius 3 is 2.93 bits per heavy atom. The van der Waals surface area contributed by atoms with E-state index in [1.54, 1.807) is 6.20 Å². The van der Waals surface area contributed by atoms with Crippen molar-refractivity contribution in [3.8, 4) is 0 Å². The van der Waals surface area contributed by atoms with Crippen molar-refractivity contribution in [2.75, 3.05) is 0 Å². The Hall–Kier alpha value is -0.600. The maximum Gasteiger partial charge on any atom is 0.0589 e. The third kappa shape index (κ3) is 2.69. The van der Waals surface area contributed by atoms with Gasteiger partial charge in [-0.05, 0) is 37.8 Å². The van der Waals surface area contributed by atoms with Crippen molar-refractivity contribution in [3.63, 3.8) is 0 Å². The van der Waals surface area contributed by atoms with Gasteiger partial charge in [0.05, 0.1) is 10.7 Å². The zero-order valence-corrected chi connectivity index (χ0v) is 9.09. The highest BCUT2D eigenvalue weighted by Gasteiger charge is 2.27. The molecule has 0 saturated heterocycles. The lowest BCUT2D eigenvalue weighted by molar-refractivity contribution is 0.492. The van der Waals surface area contributed by atoms with E-state index in [1.807, 2.05) is 12.1 Å².